The zero-order valence-corrected chi connectivity index (χ0v) is 15.9. The molecule has 0 N–H and O–H groups in total. The normalized spacial score (nSPS) is 17.5. The molecule has 6 nitrogen and oxygen atoms in total. The van der Waals surface area contributed by atoms with Gasteiger partial charge in [-0.25, -0.2) is 0 Å². The lowest BCUT2D eigenvalue weighted by atomic mass is 10.1. The van der Waals surface area contributed by atoms with Gasteiger partial charge in [0.1, 0.15) is 24.0 Å². The van der Waals surface area contributed by atoms with Crippen molar-refractivity contribution in [2.75, 3.05) is 26.3 Å². The van der Waals surface area contributed by atoms with Crippen LogP contribution in [0.25, 0.3) is 10.2 Å². The number of ether oxygens (including phenoxy) is 2. The molecule has 2 heterocycles. The molecule has 152 valence electrons. The van der Waals surface area contributed by atoms with Crippen LogP contribution >= 0.6 is 11.5 Å². The average molecular weight is 423 g/mol. The number of amides is 1. The summed E-state index contributed by atoms with van der Waals surface area (Å²) in [7, 11) is 0. The van der Waals surface area contributed by atoms with Gasteiger partial charge in [-0.15, -0.1) is 5.10 Å². The van der Waals surface area contributed by atoms with E-state index in [-0.39, 0.29) is 24.8 Å². The van der Waals surface area contributed by atoms with Crippen LogP contribution in [-0.2, 0) is 10.9 Å². The first kappa shape index (κ1) is 19.6. The van der Waals surface area contributed by atoms with Crippen molar-refractivity contribution in [3.63, 3.8) is 0 Å². The maximum absolute atomic E-state index is 12.8. The molecule has 3 aromatic rings. The second kappa shape index (κ2) is 7.96. The van der Waals surface area contributed by atoms with Crippen LogP contribution in [0.2, 0.25) is 0 Å². The lowest BCUT2D eigenvalue weighted by Crippen LogP contribution is -2.47. The molecule has 0 radical (unpaired) electrons. The molecule has 1 aromatic heterocycles. The molecule has 0 aliphatic carbocycles. The molecule has 1 amide bonds. The molecule has 0 spiro atoms. The number of benzene rings is 2. The van der Waals surface area contributed by atoms with Crippen molar-refractivity contribution in [3.8, 4) is 5.75 Å². The smallest absolute Gasteiger partial charge is 0.416 e. The third kappa shape index (κ3) is 4.48. The summed E-state index contributed by atoms with van der Waals surface area (Å²) in [6.07, 6.45) is -4.87. The van der Waals surface area contributed by atoms with Crippen LogP contribution in [0, 0.1) is 0 Å². The first-order valence-corrected chi connectivity index (χ1v) is 9.60. The van der Waals surface area contributed by atoms with Crippen LogP contribution in [-0.4, -0.2) is 52.8 Å². The number of alkyl halides is 3. The van der Waals surface area contributed by atoms with Gasteiger partial charge in [0.05, 0.1) is 23.4 Å². The number of hydrogen-bond acceptors (Lipinski definition) is 6. The van der Waals surface area contributed by atoms with Crippen molar-refractivity contribution in [1.29, 1.82) is 0 Å². The van der Waals surface area contributed by atoms with Crippen LogP contribution in [0.4, 0.5) is 13.2 Å². The maximum atomic E-state index is 12.8. The van der Waals surface area contributed by atoms with Gasteiger partial charge in [0, 0.05) is 12.1 Å². The zero-order chi connectivity index (χ0) is 20.4. The van der Waals surface area contributed by atoms with Crippen LogP contribution in [0.5, 0.6) is 5.75 Å². The van der Waals surface area contributed by atoms with E-state index < -0.39 is 17.8 Å². The number of carbonyl (C=O) groups is 1. The molecule has 1 aliphatic heterocycles. The highest BCUT2D eigenvalue weighted by Gasteiger charge is 2.31. The van der Waals surface area contributed by atoms with Gasteiger partial charge in [0.25, 0.3) is 5.91 Å². The maximum Gasteiger partial charge on any atom is 0.416 e. The molecular formula is C19H16F3N3O3S. The van der Waals surface area contributed by atoms with Gasteiger partial charge < -0.3 is 14.4 Å². The molecule has 1 atom stereocenters. The van der Waals surface area contributed by atoms with E-state index in [0.29, 0.717) is 24.2 Å². The molecule has 1 aliphatic rings. The quantitative estimate of drug-likeness (QED) is 0.641. The third-order valence-corrected chi connectivity index (χ3v) is 5.22. The third-order valence-electron chi connectivity index (χ3n) is 4.52. The summed E-state index contributed by atoms with van der Waals surface area (Å²) in [5.41, 5.74) is 0.395. The molecular weight excluding hydrogens is 407 g/mol. The minimum atomic E-state index is -4.43. The lowest BCUT2D eigenvalue weighted by Gasteiger charge is -2.33. The Balaban J connectivity index is 1.39. The summed E-state index contributed by atoms with van der Waals surface area (Å²) < 4.78 is 54.3. The van der Waals surface area contributed by atoms with E-state index in [2.05, 4.69) is 9.59 Å². The largest absolute Gasteiger partial charge is 0.491 e. The minimum Gasteiger partial charge on any atom is -0.491 e. The minimum absolute atomic E-state index is 0.0418. The van der Waals surface area contributed by atoms with E-state index in [1.807, 2.05) is 6.07 Å². The molecule has 0 saturated carbocycles. The van der Waals surface area contributed by atoms with E-state index >= 15 is 0 Å². The first-order chi connectivity index (χ1) is 13.9. The van der Waals surface area contributed by atoms with Gasteiger partial charge >= 0.3 is 6.18 Å². The summed E-state index contributed by atoms with van der Waals surface area (Å²) in [6.45, 7) is 1.07. The number of fused-ring (bicyclic) bond motifs is 1. The van der Waals surface area contributed by atoms with Gasteiger partial charge in [0.15, 0.2) is 0 Å². The number of aromatic nitrogens is 2. The summed E-state index contributed by atoms with van der Waals surface area (Å²) in [5, 5.41) is 3.98. The molecule has 29 heavy (non-hydrogen) atoms. The van der Waals surface area contributed by atoms with Gasteiger partial charge in [-0.1, -0.05) is 10.6 Å². The van der Waals surface area contributed by atoms with Gasteiger partial charge in [-0.05, 0) is 47.9 Å². The number of hydrogen-bond donors (Lipinski definition) is 0. The Morgan fingerprint density at radius 1 is 1.28 bits per heavy atom. The highest BCUT2D eigenvalue weighted by molar-refractivity contribution is 7.12. The number of carbonyl (C=O) groups excluding carboxylic acids is 1. The van der Waals surface area contributed by atoms with E-state index in [4.69, 9.17) is 9.47 Å². The van der Waals surface area contributed by atoms with Crippen LogP contribution in [0.1, 0.15) is 15.9 Å². The molecule has 0 bridgehead atoms. The van der Waals surface area contributed by atoms with E-state index in [0.717, 1.165) is 16.8 Å². The molecule has 1 fully saturated rings. The second-order valence-electron chi connectivity index (χ2n) is 6.54. The van der Waals surface area contributed by atoms with Crippen molar-refractivity contribution in [2.45, 2.75) is 12.3 Å². The Morgan fingerprint density at radius 2 is 2.14 bits per heavy atom. The standard InChI is InChI=1S/C19H16F3N3O3S/c20-19(21,22)13-2-1-3-14(9-13)28-11-15-10-25(6-7-27-15)18(26)12-4-5-17-16(8-12)23-24-29-17/h1-5,8-9,15H,6-7,10-11H2. The monoisotopic (exact) mass is 423 g/mol. The predicted molar refractivity (Wildman–Crippen MR) is 100.0 cm³/mol. The molecule has 2 aromatic carbocycles. The topological polar surface area (TPSA) is 64.6 Å². The zero-order valence-electron chi connectivity index (χ0n) is 15.1. The van der Waals surface area contributed by atoms with Crippen molar-refractivity contribution < 1.29 is 27.4 Å². The highest BCUT2D eigenvalue weighted by atomic mass is 32.1. The number of nitrogens with zero attached hydrogens (tertiary/aromatic N) is 3. The average Bonchev–Trinajstić information content (AvgIpc) is 3.19. The number of morpholine rings is 1. The van der Waals surface area contributed by atoms with E-state index in [1.165, 1.54) is 23.7 Å². The van der Waals surface area contributed by atoms with Crippen molar-refractivity contribution in [1.82, 2.24) is 14.5 Å². The van der Waals surface area contributed by atoms with Gasteiger partial charge in [0.2, 0.25) is 0 Å². The Labute approximate surface area is 168 Å². The highest BCUT2D eigenvalue weighted by Crippen LogP contribution is 2.31. The van der Waals surface area contributed by atoms with E-state index in [1.54, 1.807) is 17.0 Å². The van der Waals surface area contributed by atoms with Crippen molar-refractivity contribution in [3.05, 3.63) is 53.6 Å². The summed E-state index contributed by atoms with van der Waals surface area (Å²) in [5.74, 6) is -0.0550. The molecule has 1 saturated heterocycles. The first-order valence-electron chi connectivity index (χ1n) is 8.83. The fraction of sp³-hybridized carbons (Fsp3) is 0.316. The number of halogens is 3. The Kier molecular flexibility index (Phi) is 5.37. The molecule has 10 heteroatoms. The fourth-order valence-electron chi connectivity index (χ4n) is 3.05. The van der Waals surface area contributed by atoms with E-state index in [9.17, 15) is 18.0 Å². The Bertz CT molecular complexity index is 1020. The van der Waals surface area contributed by atoms with Crippen molar-refractivity contribution in [2.24, 2.45) is 0 Å². The predicted octanol–water partition coefficient (Wildman–Crippen LogP) is 3.63. The second-order valence-corrected chi connectivity index (χ2v) is 7.32. The fourth-order valence-corrected chi connectivity index (χ4v) is 3.59. The van der Waals surface area contributed by atoms with Gasteiger partial charge in [-0.2, -0.15) is 13.2 Å². The summed E-state index contributed by atoms with van der Waals surface area (Å²) in [4.78, 5) is 14.4. The summed E-state index contributed by atoms with van der Waals surface area (Å²) >= 11 is 1.26. The van der Waals surface area contributed by atoms with Gasteiger partial charge in [-0.3, -0.25) is 4.79 Å². The molecule has 4 rings (SSSR count). The Morgan fingerprint density at radius 3 is 2.97 bits per heavy atom. The van der Waals surface area contributed by atoms with Crippen molar-refractivity contribution >= 4 is 27.7 Å². The van der Waals surface area contributed by atoms with Crippen LogP contribution < -0.4 is 4.74 Å². The van der Waals surface area contributed by atoms with Crippen LogP contribution in [0.3, 0.4) is 0 Å². The summed E-state index contributed by atoms with van der Waals surface area (Å²) in [6, 6.07) is 9.92. The Hall–Kier alpha value is -2.72. The SMILES string of the molecule is O=C(c1ccc2snnc2c1)N1CCOC(COc2cccc(C(F)(F)F)c2)C1. The molecule has 1 unspecified atom stereocenters. The number of rotatable bonds is 4. The van der Waals surface area contributed by atoms with Crippen LogP contribution in [0.15, 0.2) is 42.5 Å². The lowest BCUT2D eigenvalue weighted by molar-refractivity contribution is -0.137.